The molecule has 0 saturated heterocycles. The number of hydrogen-bond donors (Lipinski definition) is 0. The maximum absolute atomic E-state index is 5.66. The third kappa shape index (κ3) is 2.48. The monoisotopic (exact) mass is 309 g/mol. The van der Waals surface area contributed by atoms with E-state index in [1.807, 2.05) is 37.4 Å². The van der Waals surface area contributed by atoms with E-state index in [2.05, 4.69) is 28.6 Å². The molecule has 1 aromatic heterocycles. The molecule has 0 bridgehead atoms. The zero-order valence-electron chi connectivity index (χ0n) is 13.3. The number of aryl methyl sites for hydroxylation is 1. The number of fused-ring (bicyclic) bond motifs is 2. The van der Waals surface area contributed by atoms with Crippen LogP contribution in [-0.4, -0.2) is 29.8 Å². The summed E-state index contributed by atoms with van der Waals surface area (Å²) in [6.45, 7) is 1.98. The Labute approximate surface area is 135 Å². The fourth-order valence-corrected chi connectivity index (χ4v) is 3.00. The van der Waals surface area contributed by atoms with Gasteiger partial charge in [0.05, 0.1) is 11.0 Å². The van der Waals surface area contributed by atoms with Crippen LogP contribution < -0.4 is 14.4 Å². The molecule has 2 aromatic carbocycles. The van der Waals surface area contributed by atoms with Crippen LogP contribution in [0.2, 0.25) is 0 Å². The highest BCUT2D eigenvalue weighted by Crippen LogP contribution is 2.31. The third-order valence-electron chi connectivity index (χ3n) is 4.13. The van der Waals surface area contributed by atoms with Crippen molar-refractivity contribution in [3.05, 3.63) is 48.0 Å². The number of aromatic nitrogens is 2. The van der Waals surface area contributed by atoms with Crippen molar-refractivity contribution < 1.29 is 9.47 Å². The maximum atomic E-state index is 5.66. The van der Waals surface area contributed by atoms with E-state index >= 15 is 0 Å². The number of ether oxygens (including phenoxy) is 2. The second kappa shape index (κ2) is 5.50. The lowest BCUT2D eigenvalue weighted by Crippen LogP contribution is -2.20. The summed E-state index contributed by atoms with van der Waals surface area (Å²) < 4.78 is 13.3. The SMILES string of the molecule is CN(Cc1ccc2c(c1)OCCO2)c1nc2ccccc2n1C. The summed E-state index contributed by atoms with van der Waals surface area (Å²) in [7, 11) is 4.10. The number of imidazole rings is 1. The second-order valence-electron chi connectivity index (χ2n) is 5.79. The van der Waals surface area contributed by atoms with Crippen LogP contribution in [0.25, 0.3) is 11.0 Å². The van der Waals surface area contributed by atoms with Gasteiger partial charge in [-0.05, 0) is 29.8 Å². The summed E-state index contributed by atoms with van der Waals surface area (Å²) in [5.41, 5.74) is 3.32. The van der Waals surface area contributed by atoms with Gasteiger partial charge in [0.1, 0.15) is 13.2 Å². The molecule has 2 heterocycles. The van der Waals surface area contributed by atoms with Crippen molar-refractivity contribution in [2.45, 2.75) is 6.54 Å². The molecule has 0 amide bonds. The van der Waals surface area contributed by atoms with E-state index in [1.54, 1.807) is 0 Å². The minimum atomic E-state index is 0.608. The predicted octanol–water partition coefficient (Wildman–Crippen LogP) is 2.98. The molecule has 5 heteroatoms. The van der Waals surface area contributed by atoms with Crippen LogP contribution in [0.3, 0.4) is 0 Å². The van der Waals surface area contributed by atoms with Crippen LogP contribution in [0.1, 0.15) is 5.56 Å². The zero-order chi connectivity index (χ0) is 15.8. The minimum Gasteiger partial charge on any atom is -0.486 e. The molecule has 0 N–H and O–H groups in total. The van der Waals surface area contributed by atoms with Crippen molar-refractivity contribution in [1.82, 2.24) is 9.55 Å². The van der Waals surface area contributed by atoms with Crippen LogP contribution in [0.15, 0.2) is 42.5 Å². The number of nitrogens with zero attached hydrogens (tertiary/aromatic N) is 3. The molecule has 0 radical (unpaired) electrons. The van der Waals surface area contributed by atoms with Crippen molar-refractivity contribution >= 4 is 17.0 Å². The first kappa shape index (κ1) is 13.9. The van der Waals surface area contributed by atoms with Crippen molar-refractivity contribution in [1.29, 1.82) is 0 Å². The quantitative estimate of drug-likeness (QED) is 0.746. The van der Waals surface area contributed by atoms with E-state index in [-0.39, 0.29) is 0 Å². The van der Waals surface area contributed by atoms with Crippen LogP contribution >= 0.6 is 0 Å². The van der Waals surface area contributed by atoms with Gasteiger partial charge in [-0.15, -0.1) is 0 Å². The van der Waals surface area contributed by atoms with E-state index in [1.165, 1.54) is 5.56 Å². The molecule has 118 valence electrons. The fourth-order valence-electron chi connectivity index (χ4n) is 3.00. The molecule has 0 atom stereocenters. The first-order valence-corrected chi connectivity index (χ1v) is 7.73. The molecule has 3 aromatic rings. The van der Waals surface area contributed by atoms with Crippen LogP contribution in [0.5, 0.6) is 11.5 Å². The van der Waals surface area contributed by atoms with Crippen LogP contribution in [0.4, 0.5) is 5.95 Å². The summed E-state index contributed by atoms with van der Waals surface area (Å²) in [6, 6.07) is 14.3. The highest BCUT2D eigenvalue weighted by atomic mass is 16.6. The van der Waals surface area contributed by atoms with E-state index in [4.69, 9.17) is 14.5 Å². The van der Waals surface area contributed by atoms with Gasteiger partial charge in [0.2, 0.25) is 5.95 Å². The summed E-state index contributed by atoms with van der Waals surface area (Å²) in [6.07, 6.45) is 0. The van der Waals surface area contributed by atoms with Gasteiger partial charge in [0.15, 0.2) is 11.5 Å². The van der Waals surface area contributed by atoms with Crippen molar-refractivity contribution in [2.75, 3.05) is 25.2 Å². The largest absolute Gasteiger partial charge is 0.486 e. The molecule has 5 nitrogen and oxygen atoms in total. The molecule has 0 aliphatic carbocycles. The summed E-state index contributed by atoms with van der Waals surface area (Å²) >= 11 is 0. The van der Waals surface area contributed by atoms with Crippen LogP contribution in [0, 0.1) is 0 Å². The molecule has 1 aliphatic heterocycles. The van der Waals surface area contributed by atoms with Crippen molar-refractivity contribution in [3.8, 4) is 11.5 Å². The molecular weight excluding hydrogens is 290 g/mol. The van der Waals surface area contributed by atoms with Gasteiger partial charge in [-0.1, -0.05) is 18.2 Å². The Bertz CT molecular complexity index is 857. The lowest BCUT2D eigenvalue weighted by molar-refractivity contribution is 0.171. The van der Waals surface area contributed by atoms with Gasteiger partial charge in [-0.2, -0.15) is 0 Å². The first-order valence-electron chi connectivity index (χ1n) is 7.73. The highest BCUT2D eigenvalue weighted by Gasteiger charge is 2.15. The Hall–Kier alpha value is -2.69. The average Bonchev–Trinajstić information content (AvgIpc) is 2.92. The van der Waals surface area contributed by atoms with Gasteiger partial charge in [-0.25, -0.2) is 4.98 Å². The summed E-state index contributed by atoms with van der Waals surface area (Å²) in [4.78, 5) is 6.87. The van der Waals surface area contributed by atoms with E-state index in [0.29, 0.717) is 13.2 Å². The van der Waals surface area contributed by atoms with Gasteiger partial charge in [0, 0.05) is 20.6 Å². The zero-order valence-corrected chi connectivity index (χ0v) is 13.3. The normalized spacial score (nSPS) is 13.3. The number of para-hydroxylation sites is 2. The molecule has 0 fully saturated rings. The predicted molar refractivity (Wildman–Crippen MR) is 90.3 cm³/mol. The Kier molecular flexibility index (Phi) is 3.33. The van der Waals surface area contributed by atoms with E-state index in [9.17, 15) is 0 Å². The maximum Gasteiger partial charge on any atom is 0.206 e. The Balaban J connectivity index is 1.61. The Morgan fingerprint density at radius 2 is 1.87 bits per heavy atom. The summed E-state index contributed by atoms with van der Waals surface area (Å²) in [5, 5.41) is 0. The third-order valence-corrected chi connectivity index (χ3v) is 4.13. The number of benzene rings is 2. The van der Waals surface area contributed by atoms with Gasteiger partial charge >= 0.3 is 0 Å². The molecule has 4 rings (SSSR count). The topological polar surface area (TPSA) is 39.5 Å². The van der Waals surface area contributed by atoms with Gasteiger partial charge in [0.25, 0.3) is 0 Å². The fraction of sp³-hybridized carbons (Fsp3) is 0.278. The molecule has 23 heavy (non-hydrogen) atoms. The number of hydrogen-bond acceptors (Lipinski definition) is 4. The first-order chi connectivity index (χ1) is 11.2. The van der Waals surface area contributed by atoms with Crippen LogP contribution in [-0.2, 0) is 13.6 Å². The second-order valence-corrected chi connectivity index (χ2v) is 5.79. The molecule has 0 unspecified atom stereocenters. The molecular formula is C18H19N3O2. The van der Waals surface area contributed by atoms with Gasteiger partial charge in [-0.3, -0.25) is 0 Å². The van der Waals surface area contributed by atoms with E-state index in [0.717, 1.165) is 35.0 Å². The molecule has 0 spiro atoms. The highest BCUT2D eigenvalue weighted by molar-refractivity contribution is 5.78. The van der Waals surface area contributed by atoms with Crippen molar-refractivity contribution in [2.24, 2.45) is 7.05 Å². The Morgan fingerprint density at radius 3 is 2.70 bits per heavy atom. The summed E-state index contributed by atoms with van der Waals surface area (Å²) in [5.74, 6) is 2.60. The Morgan fingerprint density at radius 1 is 1.09 bits per heavy atom. The minimum absolute atomic E-state index is 0.608. The molecule has 0 saturated carbocycles. The average molecular weight is 309 g/mol. The lowest BCUT2D eigenvalue weighted by Gasteiger charge is -2.21. The number of rotatable bonds is 3. The standard InChI is InChI=1S/C18H19N3O2/c1-20(18-19-14-5-3-4-6-15(14)21(18)2)12-13-7-8-16-17(11-13)23-10-9-22-16/h3-8,11H,9-10,12H2,1-2H3. The molecule has 1 aliphatic rings. The van der Waals surface area contributed by atoms with E-state index < -0.39 is 0 Å². The lowest BCUT2D eigenvalue weighted by atomic mass is 10.2. The van der Waals surface area contributed by atoms with Crippen molar-refractivity contribution in [3.63, 3.8) is 0 Å². The smallest absolute Gasteiger partial charge is 0.206 e. The number of anilines is 1. The van der Waals surface area contributed by atoms with Gasteiger partial charge < -0.3 is 18.9 Å².